The van der Waals surface area contributed by atoms with Crippen LogP contribution in [-0.4, -0.2) is 48.8 Å². The standard InChI is InChI=1S/C19H18O8/c1-5-7-8-9(12(21)11(5)20)13(22)15(24)14(23)10(8)16(25)19(26)17(7)27-6(2)18(19,3)4/h6,20,22-24,26H,1-4H3/t6-,19+/m0/s1. The predicted molar refractivity (Wildman–Crippen MR) is 91.6 cm³/mol. The molecule has 1 aromatic rings. The molecule has 0 bridgehead atoms. The van der Waals surface area contributed by atoms with E-state index in [0.29, 0.717) is 0 Å². The number of benzene rings is 1. The van der Waals surface area contributed by atoms with E-state index in [4.69, 9.17) is 4.74 Å². The Bertz CT molecular complexity index is 1040. The van der Waals surface area contributed by atoms with E-state index in [1.807, 2.05) is 0 Å². The number of ether oxygens (including phenoxy) is 1. The van der Waals surface area contributed by atoms with E-state index in [1.54, 1.807) is 20.8 Å². The van der Waals surface area contributed by atoms with Crippen molar-refractivity contribution < 1.29 is 39.9 Å². The van der Waals surface area contributed by atoms with Gasteiger partial charge in [-0.3, -0.25) is 9.59 Å². The summed E-state index contributed by atoms with van der Waals surface area (Å²) in [6.07, 6.45) is -0.622. The zero-order valence-corrected chi connectivity index (χ0v) is 15.0. The average molecular weight is 374 g/mol. The lowest BCUT2D eigenvalue weighted by Gasteiger charge is -2.39. The quantitative estimate of drug-likeness (QED) is 0.433. The topological polar surface area (TPSA) is 145 Å². The number of aliphatic hydroxyl groups is 2. The van der Waals surface area contributed by atoms with Crippen LogP contribution in [0.1, 0.15) is 54.0 Å². The Hall–Kier alpha value is -3.00. The molecule has 3 aliphatic rings. The summed E-state index contributed by atoms with van der Waals surface area (Å²) >= 11 is 0. The van der Waals surface area contributed by atoms with Crippen molar-refractivity contribution in [1.82, 2.24) is 0 Å². The van der Waals surface area contributed by atoms with Crippen LogP contribution in [0.5, 0.6) is 17.2 Å². The van der Waals surface area contributed by atoms with Gasteiger partial charge < -0.3 is 30.3 Å². The molecule has 1 aromatic carbocycles. The molecule has 1 heterocycles. The van der Waals surface area contributed by atoms with Gasteiger partial charge in [0.1, 0.15) is 11.9 Å². The zero-order valence-electron chi connectivity index (χ0n) is 15.0. The smallest absolute Gasteiger partial charge is 0.232 e. The number of ketones is 2. The number of hydrogen-bond donors (Lipinski definition) is 5. The van der Waals surface area contributed by atoms with Gasteiger partial charge in [-0.2, -0.15) is 0 Å². The number of aromatic hydroxyl groups is 3. The number of hydrogen-bond acceptors (Lipinski definition) is 8. The first-order chi connectivity index (χ1) is 12.4. The number of phenols is 3. The fraction of sp³-hybridized carbons (Fsp3) is 0.368. The minimum atomic E-state index is -2.20. The first-order valence-electron chi connectivity index (χ1n) is 8.33. The zero-order chi connectivity index (χ0) is 20.2. The first kappa shape index (κ1) is 17.4. The van der Waals surface area contributed by atoms with Crippen molar-refractivity contribution in [1.29, 1.82) is 0 Å². The highest BCUT2D eigenvalue weighted by Gasteiger charge is 2.66. The molecule has 27 heavy (non-hydrogen) atoms. The Balaban J connectivity index is 2.28. The van der Waals surface area contributed by atoms with Gasteiger partial charge in [-0.25, -0.2) is 0 Å². The molecule has 2 aliphatic carbocycles. The van der Waals surface area contributed by atoms with Gasteiger partial charge in [0.05, 0.1) is 11.1 Å². The highest BCUT2D eigenvalue weighted by molar-refractivity contribution is 6.25. The maximum Gasteiger partial charge on any atom is 0.232 e. The Morgan fingerprint density at radius 2 is 1.48 bits per heavy atom. The number of fused-ring (bicyclic) bond motifs is 1. The summed E-state index contributed by atoms with van der Waals surface area (Å²) in [5.74, 6) is -5.82. The van der Waals surface area contributed by atoms with E-state index in [1.165, 1.54) is 6.92 Å². The van der Waals surface area contributed by atoms with Crippen molar-refractivity contribution in [2.24, 2.45) is 5.41 Å². The summed E-state index contributed by atoms with van der Waals surface area (Å²) in [6, 6.07) is 0. The summed E-state index contributed by atoms with van der Waals surface area (Å²) in [7, 11) is 0. The van der Waals surface area contributed by atoms with Crippen LogP contribution in [0.15, 0.2) is 17.1 Å². The maximum absolute atomic E-state index is 13.3. The van der Waals surface area contributed by atoms with Crippen LogP contribution < -0.4 is 0 Å². The molecule has 1 saturated heterocycles. The van der Waals surface area contributed by atoms with Gasteiger partial charge in [-0.15, -0.1) is 0 Å². The first-order valence-corrected chi connectivity index (χ1v) is 8.33. The summed E-state index contributed by atoms with van der Waals surface area (Å²) in [6.45, 7) is 6.28. The molecule has 1 aliphatic heterocycles. The third-order valence-corrected chi connectivity index (χ3v) is 6.20. The molecule has 0 radical (unpaired) electrons. The van der Waals surface area contributed by atoms with Crippen LogP contribution in [0.2, 0.25) is 0 Å². The van der Waals surface area contributed by atoms with Gasteiger partial charge in [-0.1, -0.05) is 13.8 Å². The SMILES string of the molecule is CC1=C(O)C(=O)c2c(O)c(O)c(O)c3c2C1=C1O[C@@H](C)C(C)(C)[C@@]1(O)C3=O. The van der Waals surface area contributed by atoms with E-state index in [-0.39, 0.29) is 22.5 Å². The Morgan fingerprint density at radius 1 is 0.926 bits per heavy atom. The molecule has 8 nitrogen and oxygen atoms in total. The second-order valence-electron chi connectivity index (χ2n) is 7.70. The van der Waals surface area contributed by atoms with E-state index in [0.717, 1.165) is 0 Å². The molecular weight excluding hydrogens is 356 g/mol. The summed E-state index contributed by atoms with van der Waals surface area (Å²) in [5, 5.41) is 52.3. The highest BCUT2D eigenvalue weighted by Crippen LogP contribution is 2.61. The van der Waals surface area contributed by atoms with Crippen LogP contribution in [0, 0.1) is 5.41 Å². The summed E-state index contributed by atoms with van der Waals surface area (Å²) in [5.41, 5.74) is -4.44. The summed E-state index contributed by atoms with van der Waals surface area (Å²) in [4.78, 5) is 25.8. The largest absolute Gasteiger partial charge is 0.504 e. The van der Waals surface area contributed by atoms with Crippen LogP contribution >= 0.6 is 0 Å². The van der Waals surface area contributed by atoms with Gasteiger partial charge >= 0.3 is 0 Å². The van der Waals surface area contributed by atoms with E-state index >= 15 is 0 Å². The summed E-state index contributed by atoms with van der Waals surface area (Å²) < 4.78 is 5.79. The molecule has 0 unspecified atom stereocenters. The number of aliphatic hydroxyl groups excluding tert-OH is 1. The van der Waals surface area contributed by atoms with Gasteiger partial charge in [-0.05, 0) is 13.8 Å². The molecule has 142 valence electrons. The molecule has 2 atom stereocenters. The van der Waals surface area contributed by atoms with Gasteiger partial charge in [0.15, 0.2) is 22.9 Å². The minimum Gasteiger partial charge on any atom is -0.504 e. The van der Waals surface area contributed by atoms with Gasteiger partial charge in [0.25, 0.3) is 0 Å². The molecular formula is C19H18O8. The van der Waals surface area contributed by atoms with Gasteiger partial charge in [0.2, 0.25) is 17.3 Å². The highest BCUT2D eigenvalue weighted by atomic mass is 16.5. The third-order valence-electron chi connectivity index (χ3n) is 6.20. The molecule has 0 spiro atoms. The van der Waals surface area contributed by atoms with Crippen molar-refractivity contribution in [2.45, 2.75) is 39.4 Å². The number of phenolic OH excluding ortho intramolecular Hbond substituents is 3. The number of Topliss-reactive ketones (excluding diaryl/α,β-unsaturated/α-hetero) is 2. The Kier molecular flexibility index (Phi) is 2.99. The number of carbonyl (C=O) groups is 2. The normalized spacial score (nSPS) is 28.3. The van der Waals surface area contributed by atoms with Crippen LogP contribution in [0.4, 0.5) is 0 Å². The third kappa shape index (κ3) is 1.58. The molecule has 4 rings (SSSR count). The molecule has 5 N–H and O–H groups in total. The number of rotatable bonds is 0. The average Bonchev–Trinajstić information content (AvgIpc) is 2.78. The van der Waals surface area contributed by atoms with Crippen LogP contribution in [0.3, 0.4) is 0 Å². The fourth-order valence-corrected chi connectivity index (χ4v) is 4.09. The van der Waals surface area contributed by atoms with Crippen LogP contribution in [0.25, 0.3) is 5.57 Å². The van der Waals surface area contributed by atoms with E-state index in [9.17, 15) is 35.1 Å². The second-order valence-corrected chi connectivity index (χ2v) is 7.70. The van der Waals surface area contributed by atoms with Crippen molar-refractivity contribution in [3.8, 4) is 17.2 Å². The maximum atomic E-state index is 13.3. The molecule has 1 fully saturated rings. The lowest BCUT2D eigenvalue weighted by Crippen LogP contribution is -2.53. The molecule has 0 aromatic heterocycles. The van der Waals surface area contributed by atoms with Crippen molar-refractivity contribution >= 4 is 17.1 Å². The fourth-order valence-electron chi connectivity index (χ4n) is 4.09. The Labute approximate surface area is 153 Å². The van der Waals surface area contributed by atoms with Crippen LogP contribution in [-0.2, 0) is 4.74 Å². The minimum absolute atomic E-state index is 0.0315. The lowest BCUT2D eigenvalue weighted by molar-refractivity contribution is -0.00672. The van der Waals surface area contributed by atoms with Crippen molar-refractivity contribution in [2.75, 3.05) is 0 Å². The molecule has 0 amide bonds. The van der Waals surface area contributed by atoms with E-state index < -0.39 is 62.8 Å². The second kappa shape index (κ2) is 4.64. The predicted octanol–water partition coefficient (Wildman–Crippen LogP) is 1.92. The Morgan fingerprint density at radius 3 is 2.07 bits per heavy atom. The lowest BCUT2D eigenvalue weighted by atomic mass is 9.63. The van der Waals surface area contributed by atoms with E-state index in [2.05, 4.69) is 0 Å². The molecule has 0 saturated carbocycles. The van der Waals surface area contributed by atoms with Crippen molar-refractivity contribution in [3.05, 3.63) is 33.8 Å². The monoisotopic (exact) mass is 374 g/mol. The number of allylic oxidation sites excluding steroid dienone is 3. The van der Waals surface area contributed by atoms with Gasteiger partial charge in [0, 0.05) is 22.1 Å². The van der Waals surface area contributed by atoms with Crippen molar-refractivity contribution in [3.63, 3.8) is 0 Å². The number of carbonyl (C=O) groups excluding carboxylic acids is 2. The molecule has 8 heteroatoms.